The lowest BCUT2D eigenvalue weighted by atomic mass is 9.86. The fraction of sp³-hybridized carbons (Fsp3) is 0.523. The number of ether oxygens (including phenoxy) is 1. The summed E-state index contributed by atoms with van der Waals surface area (Å²) in [5.74, 6) is -10.5. The van der Waals surface area contributed by atoms with Crippen molar-refractivity contribution in [1.29, 1.82) is 0 Å². The maximum atomic E-state index is 14.8. The summed E-state index contributed by atoms with van der Waals surface area (Å²) in [6.45, 7) is 5.35. The summed E-state index contributed by atoms with van der Waals surface area (Å²) < 4.78 is 6.46. The van der Waals surface area contributed by atoms with Gasteiger partial charge in [-0.1, -0.05) is 106 Å². The van der Waals surface area contributed by atoms with Crippen LogP contribution in [0.4, 0.5) is 0 Å². The molecule has 88 heavy (non-hydrogen) atoms. The predicted octanol–water partition coefficient (Wildman–Crippen LogP) is 1.45. The third-order valence-electron chi connectivity index (χ3n) is 16.8. The van der Waals surface area contributed by atoms with Gasteiger partial charge in [0, 0.05) is 43.8 Å². The minimum absolute atomic E-state index is 0.0203. The number of hydrogen-bond donors (Lipinski definition) is 12. The lowest BCUT2D eigenvalue weighted by molar-refractivity contribution is -0.870. The van der Waals surface area contributed by atoms with Crippen LogP contribution in [-0.2, 0) is 39.9 Å². The topological polar surface area (TPSA) is 345 Å². The fourth-order valence-corrected chi connectivity index (χ4v) is 11.4. The second kappa shape index (κ2) is 30.3. The highest BCUT2D eigenvalue weighted by Crippen LogP contribution is 2.32. The van der Waals surface area contributed by atoms with Gasteiger partial charge in [0.05, 0.1) is 70.2 Å². The molecule has 12 N–H and O–H groups in total. The normalized spacial score (nSPS) is 26.8. The monoisotopic (exact) mass is 1220 g/mol. The third kappa shape index (κ3) is 17.4. The number of likely N-dealkylation sites (N-methyl/N-ethyl adjacent to an activating group) is 1. The molecule has 0 bridgehead atoms. The second-order valence-corrected chi connectivity index (χ2v) is 24.9. The second-order valence-electron chi connectivity index (χ2n) is 24.9. The van der Waals surface area contributed by atoms with E-state index in [9.17, 15) is 74.4 Å². The van der Waals surface area contributed by atoms with E-state index in [0.717, 1.165) is 58.7 Å². The Bertz CT molecular complexity index is 3030. The van der Waals surface area contributed by atoms with Crippen LogP contribution in [0.2, 0.25) is 0 Å². The molecular weight excluding hydrogens is 1130 g/mol. The highest BCUT2D eigenvalue weighted by atomic mass is 16.5. The number of phenolic OH excluding ortho intramolecular Hbond substituents is 1. The Morgan fingerprint density at radius 1 is 0.682 bits per heavy atom. The van der Waals surface area contributed by atoms with Crippen molar-refractivity contribution in [2.75, 3.05) is 47.4 Å². The number of ketones is 1. The molecule has 15 atom stereocenters. The van der Waals surface area contributed by atoms with Gasteiger partial charge in [0.25, 0.3) is 5.91 Å². The van der Waals surface area contributed by atoms with Gasteiger partial charge < -0.3 is 81.1 Å². The van der Waals surface area contributed by atoms with Crippen molar-refractivity contribution in [3.8, 4) is 28.0 Å². The lowest BCUT2D eigenvalue weighted by Crippen LogP contribution is -2.61. The van der Waals surface area contributed by atoms with E-state index in [-0.39, 0.29) is 30.0 Å². The summed E-state index contributed by atoms with van der Waals surface area (Å²) in [6, 6.07) is 18.8. The van der Waals surface area contributed by atoms with Gasteiger partial charge >= 0.3 is 0 Å². The minimum atomic E-state index is -2.17. The number of unbranched alkanes of at least 4 members (excludes halogenated alkanes) is 3. The lowest BCUT2D eigenvalue weighted by Gasteiger charge is -2.34. The van der Waals surface area contributed by atoms with Crippen molar-refractivity contribution in [3.63, 3.8) is 0 Å². The van der Waals surface area contributed by atoms with Crippen molar-refractivity contribution in [1.82, 2.24) is 31.1 Å². The van der Waals surface area contributed by atoms with Crippen LogP contribution in [0.15, 0.2) is 97.1 Å². The Morgan fingerprint density at radius 2 is 1.23 bits per heavy atom. The molecule has 3 saturated heterocycles. The molecular formula is C65H88N7O16+. The number of phenols is 1. The van der Waals surface area contributed by atoms with Crippen LogP contribution in [0.5, 0.6) is 5.75 Å². The van der Waals surface area contributed by atoms with E-state index in [1.165, 1.54) is 68.1 Å². The highest BCUT2D eigenvalue weighted by Gasteiger charge is 2.50. The first-order valence-electron chi connectivity index (χ1n) is 30.3. The molecule has 0 spiro atoms. The van der Waals surface area contributed by atoms with E-state index in [2.05, 4.69) is 52.5 Å². The molecule has 23 nitrogen and oxygen atoms in total. The molecule has 3 heterocycles. The SMILES string of the molecule is CCCCCCc1ccc(-c2ccc(-c3ccc(C(=O)N[C@H]4C[C@@H](O)[C@@H](OCC[N+](C)(C)C)NC(=O)[C@@H]5[C@@H](O)[C@@H](C)CN5C(=O)[C@H]([C@@H](C)O)NC(=O)[C@H]([C@H](O)[C@@H](O)c5ccc(O)cc5)CC(=O)[C@@H]5C[C@@H](O)CN5C(=O)[C@H]([C@@H](C)O)NC4=O)cc3)cc2)cc1. The number of aromatic hydroxyl groups is 1. The standard InChI is InChI=1S/C65H87N7O16/c1-8-9-10-11-12-39-13-15-40(16-14-39)41-17-19-42(20-18-41)43-21-23-45(24-22-43)59(82)66-49-33-52(78)63(88-30-29-72(5,6)7)69-62(85)55-56(79)36(2)34-71(55)65(87)54(38(4)74)67-60(83)48(58(81)57(80)44-25-27-46(75)28-26-44)32-51(77)50-31-47(76)35-70(50)64(86)53(37(3)73)68-61(49)84/h13-28,36-38,47-50,52-58,63,73-74,76,78-81H,8-12,29-35H2,1-7H3,(H4-,66,67,68,69,75,82,83,84,85)/p+1/t36-,37+,38+,47+,48-,49-,50-,52+,53-,54-,55-,56-,57-,58-,63+/m0/s1. The number of carbonyl (C=O) groups is 7. The number of Topliss-reactive ketones (excluding diaryl/α,β-unsaturated/α-hetero) is 1. The van der Waals surface area contributed by atoms with Crippen LogP contribution in [0.1, 0.15) is 100 Å². The summed E-state index contributed by atoms with van der Waals surface area (Å²) in [4.78, 5) is 104. The molecule has 4 aromatic carbocycles. The zero-order chi connectivity index (χ0) is 64.3. The van der Waals surface area contributed by atoms with E-state index in [0.29, 0.717) is 11.0 Å². The van der Waals surface area contributed by atoms with Crippen molar-refractivity contribution >= 4 is 41.2 Å². The van der Waals surface area contributed by atoms with E-state index < -0.39 is 158 Å². The average molecular weight is 1220 g/mol. The van der Waals surface area contributed by atoms with Crippen molar-refractivity contribution in [2.45, 2.75) is 158 Å². The molecule has 7 rings (SSSR count). The van der Waals surface area contributed by atoms with Crippen molar-refractivity contribution in [2.24, 2.45) is 11.8 Å². The number of nitrogens with one attached hydrogen (secondary N) is 4. The molecule has 4 aromatic rings. The first-order valence-corrected chi connectivity index (χ1v) is 30.3. The summed E-state index contributed by atoms with van der Waals surface area (Å²) in [5, 5.41) is 101. The van der Waals surface area contributed by atoms with Gasteiger partial charge in [0.2, 0.25) is 29.5 Å². The van der Waals surface area contributed by atoms with Crippen LogP contribution in [0.25, 0.3) is 22.3 Å². The summed E-state index contributed by atoms with van der Waals surface area (Å²) in [6.07, 6.45) is -10.6. The van der Waals surface area contributed by atoms with Crippen LogP contribution in [-0.4, -0.2) is 217 Å². The number of hydrogen-bond acceptors (Lipinski definition) is 16. The van der Waals surface area contributed by atoms with Gasteiger partial charge in [-0.25, -0.2) is 0 Å². The third-order valence-corrected chi connectivity index (χ3v) is 16.8. The number of aliphatic hydroxyl groups excluding tert-OH is 7. The van der Waals surface area contributed by atoms with Gasteiger partial charge in [-0.05, 0) is 84.3 Å². The average Bonchev–Trinajstić information content (AvgIpc) is 2.08. The van der Waals surface area contributed by atoms with E-state index in [1.54, 1.807) is 12.1 Å². The van der Waals surface area contributed by atoms with Gasteiger partial charge in [-0.3, -0.25) is 33.6 Å². The van der Waals surface area contributed by atoms with Gasteiger partial charge in [-0.2, -0.15) is 0 Å². The van der Waals surface area contributed by atoms with Crippen LogP contribution in [0, 0.1) is 11.8 Å². The number of fused-ring (bicyclic) bond motifs is 2. The molecule has 0 unspecified atom stereocenters. The maximum absolute atomic E-state index is 14.8. The number of rotatable bonds is 18. The molecule has 3 fully saturated rings. The maximum Gasteiger partial charge on any atom is 0.251 e. The molecule has 3 aliphatic rings. The molecule has 0 saturated carbocycles. The fourth-order valence-electron chi connectivity index (χ4n) is 11.4. The number of aliphatic hydroxyl groups is 7. The first kappa shape index (κ1) is 68.3. The summed E-state index contributed by atoms with van der Waals surface area (Å²) >= 11 is 0. The number of benzene rings is 4. The Morgan fingerprint density at radius 3 is 1.78 bits per heavy atom. The zero-order valence-corrected chi connectivity index (χ0v) is 51.1. The van der Waals surface area contributed by atoms with Crippen LogP contribution < -0.4 is 21.3 Å². The molecule has 0 aliphatic carbocycles. The van der Waals surface area contributed by atoms with Crippen LogP contribution >= 0.6 is 0 Å². The quantitative estimate of drug-likeness (QED) is 0.0496. The Hall–Kier alpha value is -7.19. The van der Waals surface area contributed by atoms with Crippen molar-refractivity contribution < 1.29 is 83.6 Å². The Balaban J connectivity index is 1.23. The first-order chi connectivity index (χ1) is 41.6. The Labute approximate surface area is 513 Å². The van der Waals surface area contributed by atoms with E-state index in [1.807, 2.05) is 45.4 Å². The number of nitrogens with zero attached hydrogens (tertiary/aromatic N) is 3. The minimum Gasteiger partial charge on any atom is -0.508 e. The Kier molecular flexibility index (Phi) is 23.6. The van der Waals surface area contributed by atoms with E-state index >= 15 is 0 Å². The molecule has 3 aliphatic heterocycles. The number of quaternary nitrogens is 1. The molecule has 23 heteroatoms. The van der Waals surface area contributed by atoms with Crippen LogP contribution in [0.3, 0.4) is 0 Å². The number of amides is 6. The largest absolute Gasteiger partial charge is 0.508 e. The number of aryl methyl sites for hydroxylation is 1. The van der Waals surface area contributed by atoms with Gasteiger partial charge in [0.15, 0.2) is 12.0 Å². The van der Waals surface area contributed by atoms with Crippen molar-refractivity contribution in [3.05, 3.63) is 114 Å². The van der Waals surface area contributed by atoms with E-state index in [4.69, 9.17) is 4.74 Å². The molecule has 0 aromatic heterocycles. The van der Waals surface area contributed by atoms with Gasteiger partial charge in [-0.15, -0.1) is 0 Å². The predicted molar refractivity (Wildman–Crippen MR) is 324 cm³/mol. The smallest absolute Gasteiger partial charge is 0.251 e. The molecule has 0 radical (unpaired) electrons. The number of carbonyl (C=O) groups excluding carboxylic acids is 7. The zero-order valence-electron chi connectivity index (χ0n) is 51.1. The highest BCUT2D eigenvalue weighted by molar-refractivity contribution is 6.00. The van der Waals surface area contributed by atoms with Gasteiger partial charge in [0.1, 0.15) is 48.7 Å². The summed E-state index contributed by atoms with van der Waals surface area (Å²) in [7, 11) is 5.55. The molecule has 478 valence electrons. The molecule has 6 amide bonds. The summed E-state index contributed by atoms with van der Waals surface area (Å²) in [5.41, 5.74) is 5.02.